The van der Waals surface area contributed by atoms with E-state index < -0.39 is 15.6 Å². The molecule has 0 heterocycles. The third kappa shape index (κ3) is 139. The van der Waals surface area contributed by atoms with E-state index in [1.54, 1.807) is 0 Å². The quantitative estimate of drug-likeness (QED) is 0.269. The van der Waals surface area contributed by atoms with E-state index in [0.717, 1.165) is 0 Å². The predicted molar refractivity (Wildman–Crippen MR) is 53.9 cm³/mol. The van der Waals surface area contributed by atoms with E-state index in [-0.39, 0.29) is 267 Å². The Hall–Kier alpha value is 8.91. The average Bonchev–Trinajstić information content (AvgIpc) is 1.12. The van der Waals surface area contributed by atoms with Gasteiger partial charge in [0.05, 0.1) is 0 Å². The van der Waals surface area contributed by atoms with Gasteiger partial charge in [-0.1, -0.05) is 0 Å². The first kappa shape index (κ1) is 49.8. The van der Waals surface area contributed by atoms with Gasteiger partial charge in [0.1, 0.15) is 0 Å². The van der Waals surface area contributed by atoms with Gasteiger partial charge in [-0.15, -0.1) is 0 Å². The summed E-state index contributed by atoms with van der Waals surface area (Å²) in [5.41, 5.74) is 0. The average molecular weight is 430 g/mol. The second kappa shape index (κ2) is 28.7. The summed E-state index contributed by atoms with van der Waals surface area (Å²) < 4.78 is 17.1. The Bertz CT molecular complexity index is 141. The maximum absolute atomic E-state index is 8.55. The van der Waals surface area contributed by atoms with E-state index in [1.807, 2.05) is 0 Å². The molecule has 0 aromatic heterocycles. The molecule has 16 heavy (non-hydrogen) atoms. The standard InChI is InChI=1S/3Ca.3K.2H3O4P.3H/c;;;;;;2*1-5(2,3)4;;;/h;;;;;;2*(H3,1,2,3,4);;;/q3*+2;;;;;;;;/p-6. The van der Waals surface area contributed by atoms with Gasteiger partial charge in [0.25, 0.3) is 0 Å². The Labute approximate surface area is 310 Å². The molecule has 0 aliphatic carbocycles. The van der Waals surface area contributed by atoms with Crippen molar-refractivity contribution in [2.24, 2.45) is 0 Å². The molecule has 0 atom stereocenters. The molecule has 70 valence electrons. The first-order chi connectivity index (χ1) is 4.00. The zero-order chi connectivity index (χ0) is 9.00. The van der Waals surface area contributed by atoms with Crippen molar-refractivity contribution in [3.8, 4) is 0 Å². The summed E-state index contributed by atoms with van der Waals surface area (Å²) in [6.07, 6.45) is 0. The Morgan fingerprint density at radius 1 is 0.500 bits per heavy atom. The van der Waals surface area contributed by atoms with Crippen molar-refractivity contribution in [2.45, 2.75) is 0 Å². The molecule has 0 fully saturated rings. The summed E-state index contributed by atoms with van der Waals surface area (Å²) in [5.74, 6) is 0. The first-order valence-corrected chi connectivity index (χ1v) is 4.38. The van der Waals surface area contributed by atoms with Gasteiger partial charge in [-0.3, -0.25) is 0 Å². The van der Waals surface area contributed by atoms with E-state index in [4.69, 9.17) is 38.5 Å². The fraction of sp³-hybridized carbons (Fsp3) is 0. The van der Waals surface area contributed by atoms with Crippen LogP contribution in [0, 0.1) is 0 Å². The number of hydrogen-bond donors (Lipinski definition) is 0. The number of phosphoric acid groups is 2. The van der Waals surface area contributed by atoms with Crippen LogP contribution in [0.4, 0.5) is 0 Å². The zero-order valence-corrected chi connectivity index (χ0v) is 14.7. The van der Waals surface area contributed by atoms with Gasteiger partial charge in [-0.05, 0) is 0 Å². The minimum atomic E-state index is -5.39. The Morgan fingerprint density at radius 2 is 0.500 bits per heavy atom. The molecule has 0 aromatic carbocycles. The summed E-state index contributed by atoms with van der Waals surface area (Å²) in [7, 11) is -10.8. The molecule has 0 aliphatic rings. The molecule has 0 radical (unpaired) electrons. The van der Waals surface area contributed by atoms with Gasteiger partial charge >= 0.3 is 267 Å². The van der Waals surface area contributed by atoms with Crippen molar-refractivity contribution in [1.82, 2.24) is 0 Å². The van der Waals surface area contributed by atoms with Crippen LogP contribution >= 0.6 is 15.6 Å². The van der Waals surface area contributed by atoms with Crippen LogP contribution in [0.25, 0.3) is 0 Å². The van der Waals surface area contributed by atoms with Gasteiger partial charge in [0, 0.05) is 0 Å². The van der Waals surface area contributed by atoms with Crippen molar-refractivity contribution >= 4 is 283 Å². The van der Waals surface area contributed by atoms with Crippen molar-refractivity contribution in [1.29, 1.82) is 0 Å². The van der Waals surface area contributed by atoms with E-state index in [0.29, 0.717) is 0 Å². The van der Waals surface area contributed by atoms with Crippen LogP contribution in [0.1, 0.15) is 0 Å². The van der Waals surface area contributed by atoms with E-state index in [1.165, 1.54) is 0 Å². The Balaban J connectivity index is -0.00000000970. The number of rotatable bonds is 0. The fourth-order valence-electron chi connectivity index (χ4n) is 0. The third-order valence-electron chi connectivity index (χ3n) is 0. The molecule has 0 bridgehead atoms. The van der Waals surface area contributed by atoms with Crippen molar-refractivity contribution in [2.75, 3.05) is 0 Å². The molecule has 8 nitrogen and oxygen atoms in total. The molecular formula is H3Ca3K3O8P2. The van der Waals surface area contributed by atoms with Gasteiger partial charge in [0.15, 0.2) is 0 Å². The Kier molecular flexibility index (Phi) is 89.3. The van der Waals surface area contributed by atoms with Gasteiger partial charge in [-0.25, -0.2) is 0 Å². The molecule has 0 aromatic rings. The second-order valence-corrected chi connectivity index (χ2v) is 2.68. The third-order valence-corrected chi connectivity index (χ3v) is 0. The van der Waals surface area contributed by atoms with Gasteiger partial charge in [0.2, 0.25) is 0 Å². The van der Waals surface area contributed by atoms with Gasteiger partial charge in [-0.2, -0.15) is 15.6 Å². The second-order valence-electron chi connectivity index (χ2n) is 0.894. The SMILES string of the molecule is O=P([O-])([O-])[O-].O=P([O-])([O-])[O-].[Ca+2].[Ca+2].[Ca+2].[KH].[KH].[KH]. The van der Waals surface area contributed by atoms with E-state index >= 15 is 0 Å². The molecule has 16 heteroatoms. The van der Waals surface area contributed by atoms with Crippen molar-refractivity contribution in [3.05, 3.63) is 0 Å². The molecule has 0 amide bonds. The van der Waals surface area contributed by atoms with Crippen LogP contribution in [0.15, 0.2) is 0 Å². The summed E-state index contributed by atoms with van der Waals surface area (Å²) >= 11 is 0. The Morgan fingerprint density at radius 3 is 0.500 bits per heavy atom. The zero-order valence-electron chi connectivity index (χ0n) is 6.28. The van der Waals surface area contributed by atoms with Crippen LogP contribution in [-0.4, -0.2) is 267 Å². The van der Waals surface area contributed by atoms with Crippen LogP contribution in [0.2, 0.25) is 0 Å². The molecular weight excluding hydrogens is 427 g/mol. The summed E-state index contributed by atoms with van der Waals surface area (Å²) in [6, 6.07) is 0. The molecule has 0 unspecified atom stereocenters. The molecule has 0 rings (SSSR count). The molecule has 0 spiro atoms. The van der Waals surface area contributed by atoms with Crippen LogP contribution in [0.5, 0.6) is 0 Å². The van der Waals surface area contributed by atoms with Crippen LogP contribution < -0.4 is 29.4 Å². The molecule has 0 saturated heterocycles. The fourth-order valence-corrected chi connectivity index (χ4v) is 0. The number of hydrogen-bond acceptors (Lipinski definition) is 8. The molecule has 0 N–H and O–H groups in total. The van der Waals surface area contributed by atoms with Crippen molar-refractivity contribution < 1.29 is 38.5 Å². The minimum absolute atomic E-state index is 0. The topological polar surface area (TPSA) is 172 Å². The predicted octanol–water partition coefficient (Wildman–Crippen LogP) is -8.74. The van der Waals surface area contributed by atoms with E-state index in [2.05, 4.69) is 0 Å². The van der Waals surface area contributed by atoms with Crippen LogP contribution in [0.3, 0.4) is 0 Å². The van der Waals surface area contributed by atoms with Crippen LogP contribution in [-0.2, 0) is 9.13 Å². The van der Waals surface area contributed by atoms with Gasteiger partial charge < -0.3 is 38.5 Å². The summed E-state index contributed by atoms with van der Waals surface area (Å²) in [5, 5.41) is 0. The van der Waals surface area contributed by atoms with E-state index in [9.17, 15) is 0 Å². The maximum atomic E-state index is 8.55. The monoisotopic (exact) mass is 430 g/mol. The van der Waals surface area contributed by atoms with Crippen molar-refractivity contribution in [3.63, 3.8) is 0 Å². The summed E-state index contributed by atoms with van der Waals surface area (Å²) in [4.78, 5) is 51.3. The summed E-state index contributed by atoms with van der Waals surface area (Å²) in [6.45, 7) is 0. The molecule has 0 aliphatic heterocycles. The first-order valence-electron chi connectivity index (χ1n) is 1.46. The molecule has 0 saturated carbocycles. The normalized spacial score (nSPS) is 7.38.